The average molecular weight is 637 g/mol. The Morgan fingerprint density at radius 2 is 1.59 bits per heavy atom. The number of hydrogen-bond donors (Lipinski definition) is 4. The van der Waals surface area contributed by atoms with Gasteiger partial charge in [0, 0.05) is 30.1 Å². The molecule has 0 aliphatic rings. The number of aromatic amines is 1. The van der Waals surface area contributed by atoms with E-state index >= 15 is 0 Å². The molecule has 0 aliphatic heterocycles. The minimum atomic E-state index is -0.958. The topological polar surface area (TPSA) is 148 Å². The number of unbranched alkanes of at least 4 members (excludes halogenated alkanes) is 1. The molecule has 1 unspecified atom stereocenters. The Hall–Kier alpha value is -4.38. The lowest BCUT2D eigenvalue weighted by atomic mass is 10.0. The van der Waals surface area contributed by atoms with Crippen LogP contribution in [-0.4, -0.2) is 72.9 Å². The lowest BCUT2D eigenvalue weighted by Crippen LogP contribution is -2.55. The third-order valence-electron chi connectivity index (χ3n) is 7.34. The number of hydrogen-bond acceptors (Lipinski definition) is 8. The van der Waals surface area contributed by atoms with Crippen LogP contribution in [0.1, 0.15) is 64.5 Å². The molecule has 1 aromatic heterocycles. The van der Waals surface area contributed by atoms with Crippen LogP contribution in [0.25, 0.3) is 10.9 Å². The normalized spacial score (nSPS) is 13.3. The lowest BCUT2D eigenvalue weighted by molar-refractivity contribution is -0.147. The van der Waals surface area contributed by atoms with Gasteiger partial charge >= 0.3 is 18.0 Å². The smallest absolute Gasteiger partial charge is 0.407 e. The maximum Gasteiger partial charge on any atom is 0.407 e. The number of fused-ring (bicyclic) bond motifs is 1. The molecule has 1 heterocycles. The summed E-state index contributed by atoms with van der Waals surface area (Å²) in [5.41, 5.74) is 2.22. The highest BCUT2D eigenvalue weighted by Crippen LogP contribution is 2.20. The Morgan fingerprint density at radius 1 is 0.870 bits per heavy atom. The van der Waals surface area contributed by atoms with Crippen molar-refractivity contribution in [3.8, 4) is 0 Å². The number of aryl methyl sites for hydroxylation is 1. The Morgan fingerprint density at radius 3 is 2.28 bits per heavy atom. The molecule has 0 saturated heterocycles. The van der Waals surface area contributed by atoms with Crippen LogP contribution >= 0.6 is 0 Å². The van der Waals surface area contributed by atoms with Gasteiger partial charge < -0.3 is 29.8 Å². The Kier molecular flexibility index (Phi) is 14.1. The van der Waals surface area contributed by atoms with Gasteiger partial charge in [-0.3, -0.25) is 14.9 Å². The first-order chi connectivity index (χ1) is 22.0. The number of carbonyl (C=O) groups is 4. The zero-order chi connectivity index (χ0) is 33.5. The molecule has 0 aliphatic carbocycles. The number of H-pyrrole nitrogens is 1. The molecule has 250 valence electrons. The van der Waals surface area contributed by atoms with Crippen molar-refractivity contribution < 1.29 is 33.4 Å². The third-order valence-corrected chi connectivity index (χ3v) is 7.34. The first-order valence-electron chi connectivity index (χ1n) is 15.9. The molecule has 11 heteroatoms. The van der Waals surface area contributed by atoms with Gasteiger partial charge in [0.05, 0.1) is 19.8 Å². The number of rotatable bonds is 17. The first kappa shape index (κ1) is 36.1. The maximum absolute atomic E-state index is 13.9. The van der Waals surface area contributed by atoms with Crippen molar-refractivity contribution in [3.05, 3.63) is 71.9 Å². The lowest BCUT2D eigenvalue weighted by Gasteiger charge is -2.26. The second-order valence-corrected chi connectivity index (χ2v) is 12.1. The second-order valence-electron chi connectivity index (χ2n) is 12.1. The van der Waals surface area contributed by atoms with E-state index in [1.54, 1.807) is 27.7 Å². The monoisotopic (exact) mass is 636 g/mol. The van der Waals surface area contributed by atoms with Crippen molar-refractivity contribution in [1.29, 1.82) is 0 Å². The molecule has 0 radical (unpaired) electrons. The van der Waals surface area contributed by atoms with E-state index in [9.17, 15) is 19.2 Å². The van der Waals surface area contributed by atoms with Crippen LogP contribution in [-0.2, 0) is 41.4 Å². The summed E-state index contributed by atoms with van der Waals surface area (Å²) in [5.74, 6) is -1.47. The third kappa shape index (κ3) is 11.8. The molecule has 0 saturated carbocycles. The zero-order valence-corrected chi connectivity index (χ0v) is 27.5. The van der Waals surface area contributed by atoms with Gasteiger partial charge in [-0.2, -0.15) is 0 Å². The van der Waals surface area contributed by atoms with Crippen molar-refractivity contribution in [2.45, 2.75) is 89.9 Å². The van der Waals surface area contributed by atoms with E-state index in [0.717, 1.165) is 22.0 Å². The molecule has 0 spiro atoms. The van der Waals surface area contributed by atoms with Crippen molar-refractivity contribution in [2.75, 3.05) is 20.3 Å². The van der Waals surface area contributed by atoms with Crippen molar-refractivity contribution in [1.82, 2.24) is 20.9 Å². The summed E-state index contributed by atoms with van der Waals surface area (Å²) in [7, 11) is 1.28. The molecule has 0 bridgehead atoms. The van der Waals surface area contributed by atoms with E-state index in [4.69, 9.17) is 14.2 Å². The summed E-state index contributed by atoms with van der Waals surface area (Å²) >= 11 is 0. The standard InChI is InChI=1S/C35H48N4O7/c1-6-45-33(42)29(20-19-24-14-8-7-9-15-24)38-28(18-12-13-21-36-34(43)46-35(2,3)4)31(40)39-30(32(41)44-5)22-25-23-37-27-17-11-10-16-26(25)27/h7-11,14-17,23,28-30,37-38H,6,12-13,18-22H2,1-5H3,(H,36,43)(H,39,40)/t28-,29?,30-/m0/s1. The highest BCUT2D eigenvalue weighted by atomic mass is 16.6. The number of esters is 2. The van der Waals surface area contributed by atoms with Crippen molar-refractivity contribution >= 4 is 34.8 Å². The number of amides is 2. The number of aromatic nitrogens is 1. The Balaban J connectivity index is 1.75. The van der Waals surface area contributed by atoms with E-state index in [1.807, 2.05) is 60.8 Å². The molecular formula is C35H48N4O7. The summed E-state index contributed by atoms with van der Waals surface area (Å²) in [6.45, 7) is 7.66. The molecule has 11 nitrogen and oxygen atoms in total. The quantitative estimate of drug-likeness (QED) is 0.0956. The van der Waals surface area contributed by atoms with Crippen LogP contribution in [0.2, 0.25) is 0 Å². The highest BCUT2D eigenvalue weighted by Gasteiger charge is 2.31. The fraction of sp³-hybridized carbons (Fsp3) is 0.486. The number of benzene rings is 2. The van der Waals surface area contributed by atoms with Gasteiger partial charge in [-0.25, -0.2) is 9.59 Å². The number of carbonyl (C=O) groups excluding carboxylic acids is 4. The minimum Gasteiger partial charge on any atom is -0.467 e. The van der Waals surface area contributed by atoms with E-state index in [0.29, 0.717) is 38.6 Å². The van der Waals surface area contributed by atoms with Crippen molar-refractivity contribution in [2.24, 2.45) is 0 Å². The maximum atomic E-state index is 13.9. The molecule has 3 atom stereocenters. The SMILES string of the molecule is CCOC(=O)C(CCc1ccccc1)N[C@@H](CCCCNC(=O)OC(C)(C)C)C(=O)N[C@@H](Cc1c[nH]c2ccccc12)C(=O)OC. The minimum absolute atomic E-state index is 0.199. The van der Waals surface area contributed by atoms with Crippen molar-refractivity contribution in [3.63, 3.8) is 0 Å². The number of nitrogens with one attached hydrogen (secondary N) is 4. The van der Waals surface area contributed by atoms with Gasteiger partial charge in [0.2, 0.25) is 5.91 Å². The summed E-state index contributed by atoms with van der Waals surface area (Å²) < 4.78 is 15.7. The molecule has 4 N–H and O–H groups in total. The Bertz CT molecular complexity index is 1420. The fourth-order valence-corrected chi connectivity index (χ4v) is 5.11. The summed E-state index contributed by atoms with van der Waals surface area (Å²) in [6.07, 6.45) is 3.96. The largest absolute Gasteiger partial charge is 0.467 e. The van der Waals surface area contributed by atoms with Crippen LogP contribution in [0.5, 0.6) is 0 Å². The second kappa shape index (κ2) is 17.9. The predicted molar refractivity (Wildman–Crippen MR) is 176 cm³/mol. The van der Waals surface area contributed by atoms with E-state index in [1.165, 1.54) is 7.11 Å². The molecule has 2 amide bonds. The zero-order valence-electron chi connectivity index (χ0n) is 27.5. The number of alkyl carbamates (subject to hydrolysis) is 1. The molecule has 3 rings (SSSR count). The van der Waals surface area contributed by atoms with Gasteiger partial charge in [0.1, 0.15) is 17.7 Å². The molecule has 3 aromatic rings. The summed E-state index contributed by atoms with van der Waals surface area (Å²) in [5, 5.41) is 9.78. The fourth-order valence-electron chi connectivity index (χ4n) is 5.11. The van der Waals surface area contributed by atoms with E-state index in [-0.39, 0.29) is 13.0 Å². The van der Waals surface area contributed by atoms with Gasteiger partial charge in [0.15, 0.2) is 0 Å². The first-order valence-corrected chi connectivity index (χ1v) is 15.9. The van der Waals surface area contributed by atoms with Gasteiger partial charge in [-0.05, 0) is 77.0 Å². The molecule has 46 heavy (non-hydrogen) atoms. The van der Waals surface area contributed by atoms with E-state index in [2.05, 4.69) is 20.9 Å². The van der Waals surface area contributed by atoms with Gasteiger partial charge in [-0.15, -0.1) is 0 Å². The van der Waals surface area contributed by atoms with Gasteiger partial charge in [-0.1, -0.05) is 48.5 Å². The van der Waals surface area contributed by atoms with Crippen LogP contribution < -0.4 is 16.0 Å². The van der Waals surface area contributed by atoms with Crippen LogP contribution in [0.15, 0.2) is 60.8 Å². The molecular weight excluding hydrogens is 588 g/mol. The summed E-state index contributed by atoms with van der Waals surface area (Å²) in [6, 6.07) is 14.9. The average Bonchev–Trinajstić information content (AvgIpc) is 3.43. The number of para-hydroxylation sites is 1. The Labute approximate surface area is 271 Å². The van der Waals surface area contributed by atoms with E-state index < -0.39 is 47.7 Å². The number of methoxy groups -OCH3 is 1. The highest BCUT2D eigenvalue weighted by molar-refractivity contribution is 5.89. The summed E-state index contributed by atoms with van der Waals surface area (Å²) in [4.78, 5) is 55.0. The van der Waals surface area contributed by atoms with Crippen LogP contribution in [0.4, 0.5) is 4.79 Å². The van der Waals surface area contributed by atoms with Crippen LogP contribution in [0.3, 0.4) is 0 Å². The molecule has 0 fully saturated rings. The van der Waals surface area contributed by atoms with Gasteiger partial charge in [0.25, 0.3) is 0 Å². The predicted octanol–water partition coefficient (Wildman–Crippen LogP) is 4.59. The number of ether oxygens (including phenoxy) is 3. The molecule has 2 aromatic carbocycles. The van der Waals surface area contributed by atoms with Crippen LogP contribution in [0, 0.1) is 0 Å².